The zero-order valence-electron chi connectivity index (χ0n) is 26.4. The Kier molecular flexibility index (Phi) is 14.7. The van der Waals surface area contributed by atoms with Gasteiger partial charge in [0.1, 0.15) is 18.1 Å². The van der Waals surface area contributed by atoms with Gasteiger partial charge in [-0.2, -0.15) is 0 Å². The van der Waals surface area contributed by atoms with E-state index in [1.54, 1.807) is 48.7 Å². The Hall–Kier alpha value is -3.63. The molecule has 0 aliphatic carbocycles. The second-order valence-electron chi connectivity index (χ2n) is 11.6. The molecular weight excluding hydrogens is 562 g/mol. The van der Waals surface area contributed by atoms with E-state index in [1.165, 1.54) is 6.92 Å². The molecule has 7 amide bonds. The first-order chi connectivity index (χ1) is 20.0. The Morgan fingerprint density at radius 3 is 1.86 bits per heavy atom. The van der Waals surface area contributed by atoms with Crippen LogP contribution in [0.3, 0.4) is 0 Å². The number of likely N-dealkylation sites (tertiary alicyclic amines) is 1. The molecule has 0 saturated carbocycles. The van der Waals surface area contributed by atoms with E-state index in [9.17, 15) is 33.6 Å². The summed E-state index contributed by atoms with van der Waals surface area (Å²) in [7, 11) is 3.20. The van der Waals surface area contributed by atoms with Crippen LogP contribution in [-0.2, 0) is 33.6 Å². The van der Waals surface area contributed by atoms with Gasteiger partial charge in [0.25, 0.3) is 0 Å². The van der Waals surface area contributed by atoms with Gasteiger partial charge in [-0.3, -0.25) is 38.5 Å². The average molecular weight is 612 g/mol. The number of nitrogens with one attached hydrogen (secondary N) is 7. The van der Waals surface area contributed by atoms with E-state index in [4.69, 9.17) is 5.73 Å². The average Bonchev–Trinajstić information content (AvgIpc) is 2.93. The highest BCUT2D eigenvalue weighted by molar-refractivity contribution is 6.02. The van der Waals surface area contributed by atoms with Gasteiger partial charge in [-0.25, -0.2) is 0 Å². The summed E-state index contributed by atoms with van der Waals surface area (Å²) < 4.78 is 0. The van der Waals surface area contributed by atoms with Crippen LogP contribution < -0.4 is 43.0 Å². The van der Waals surface area contributed by atoms with Gasteiger partial charge in [0.15, 0.2) is 0 Å². The van der Waals surface area contributed by atoms with Crippen LogP contribution in [0.15, 0.2) is 0 Å². The normalized spacial score (nSPS) is 17.7. The molecule has 16 nitrogen and oxygen atoms in total. The zero-order valence-corrected chi connectivity index (χ0v) is 26.4. The zero-order chi connectivity index (χ0) is 33.1. The van der Waals surface area contributed by atoms with Crippen LogP contribution in [0.2, 0.25) is 0 Å². The second-order valence-corrected chi connectivity index (χ2v) is 11.6. The topological polar surface area (TPSA) is 233 Å². The largest absolute Gasteiger partial charge is 0.352 e. The highest BCUT2D eigenvalue weighted by atomic mass is 16.2. The van der Waals surface area contributed by atoms with Gasteiger partial charge in [0, 0.05) is 32.5 Å². The summed E-state index contributed by atoms with van der Waals surface area (Å²) in [6.07, 6.45) is 0.189. The molecule has 0 aromatic carbocycles. The summed E-state index contributed by atoms with van der Waals surface area (Å²) in [6.45, 7) is 9.24. The minimum Gasteiger partial charge on any atom is -0.352 e. The highest BCUT2D eigenvalue weighted by Crippen LogP contribution is 2.20. The maximum atomic E-state index is 13.2. The molecule has 0 spiro atoms. The number of piperidine rings is 1. The molecule has 16 heteroatoms. The minimum atomic E-state index is -1.31. The van der Waals surface area contributed by atoms with E-state index in [2.05, 4.69) is 37.2 Å². The van der Waals surface area contributed by atoms with Crippen LogP contribution in [-0.4, -0.2) is 116 Å². The third kappa shape index (κ3) is 11.5. The van der Waals surface area contributed by atoms with Gasteiger partial charge in [-0.05, 0) is 54.6 Å². The molecule has 0 aromatic rings. The number of amides is 7. The lowest BCUT2D eigenvalue weighted by Gasteiger charge is -2.33. The van der Waals surface area contributed by atoms with Crippen LogP contribution in [0.25, 0.3) is 0 Å². The SMILES string of the molecule is CNC(C)C(=O)N[C@@H](CNC(=O)[C@H](CN)N1C(=O)CC(C)CC1=O)C(=O)NC(C)C(=O)NCC(C)(C)NC(=O)C(C)NC. The number of nitrogens with two attached hydrogens (primary N) is 1. The van der Waals surface area contributed by atoms with E-state index < -0.39 is 77.7 Å². The van der Waals surface area contributed by atoms with Crippen molar-refractivity contribution in [3.63, 3.8) is 0 Å². The predicted octanol–water partition coefficient (Wildman–Crippen LogP) is -3.57. The standard InChI is InChI=1S/C27H49N9O7/c1-14-9-20(37)36(21(38)10-14)19(11-28)26(43)31-12-18(34-23(40)15(2)29-7)25(42)33-17(4)22(39)32-13-27(5,6)35-24(41)16(3)30-8/h14-19,29-30H,9-13,28H2,1-8H3,(H,31,43)(H,32,39)(H,33,42)(H,34,40)(H,35,41)/t15?,16?,17?,18-,19-/m0/s1. The molecule has 0 radical (unpaired) electrons. The molecule has 0 aromatic heterocycles. The highest BCUT2D eigenvalue weighted by Gasteiger charge is 2.38. The molecule has 43 heavy (non-hydrogen) atoms. The molecular formula is C27H49N9O7. The molecule has 1 aliphatic rings. The van der Waals surface area contributed by atoms with Crippen molar-refractivity contribution < 1.29 is 33.6 Å². The third-order valence-corrected chi connectivity index (χ3v) is 7.11. The molecule has 1 fully saturated rings. The first-order valence-corrected chi connectivity index (χ1v) is 14.4. The van der Waals surface area contributed by atoms with Gasteiger partial charge in [0.2, 0.25) is 41.4 Å². The summed E-state index contributed by atoms with van der Waals surface area (Å²) in [4.78, 5) is 89.5. The van der Waals surface area contributed by atoms with Crippen molar-refractivity contribution in [1.29, 1.82) is 0 Å². The Labute approximate surface area is 252 Å². The Morgan fingerprint density at radius 1 is 0.814 bits per heavy atom. The summed E-state index contributed by atoms with van der Waals surface area (Å²) in [6, 6.07) is -4.76. The maximum absolute atomic E-state index is 13.2. The second kappa shape index (κ2) is 16.9. The first-order valence-electron chi connectivity index (χ1n) is 14.4. The van der Waals surface area contributed by atoms with Crippen molar-refractivity contribution in [1.82, 2.24) is 42.1 Å². The summed E-state index contributed by atoms with van der Waals surface area (Å²) in [5.41, 5.74) is 4.95. The van der Waals surface area contributed by atoms with Crippen molar-refractivity contribution in [3.8, 4) is 0 Å². The van der Waals surface area contributed by atoms with E-state index in [-0.39, 0.29) is 37.8 Å². The lowest BCUT2D eigenvalue weighted by atomic mass is 9.96. The Balaban J connectivity index is 2.92. The van der Waals surface area contributed by atoms with Crippen molar-refractivity contribution in [2.75, 3.05) is 33.7 Å². The molecule has 1 heterocycles. The summed E-state index contributed by atoms with van der Waals surface area (Å²) >= 11 is 0. The number of hydrogen-bond acceptors (Lipinski definition) is 10. The number of likely N-dealkylation sites (N-methyl/N-ethyl adjacent to an activating group) is 2. The smallest absolute Gasteiger partial charge is 0.245 e. The van der Waals surface area contributed by atoms with Crippen LogP contribution in [0.1, 0.15) is 54.4 Å². The van der Waals surface area contributed by atoms with Crippen molar-refractivity contribution >= 4 is 41.4 Å². The lowest BCUT2D eigenvalue weighted by molar-refractivity contribution is -0.156. The maximum Gasteiger partial charge on any atom is 0.245 e. The molecule has 0 bridgehead atoms. The predicted molar refractivity (Wildman–Crippen MR) is 158 cm³/mol. The van der Waals surface area contributed by atoms with E-state index in [0.29, 0.717) is 0 Å². The van der Waals surface area contributed by atoms with Gasteiger partial charge < -0.3 is 43.0 Å². The number of rotatable bonds is 16. The minimum absolute atomic E-state index is 0.0668. The van der Waals surface area contributed by atoms with E-state index >= 15 is 0 Å². The third-order valence-electron chi connectivity index (χ3n) is 7.11. The Bertz CT molecular complexity index is 1030. The lowest BCUT2D eigenvalue weighted by Crippen LogP contribution is -2.61. The number of carbonyl (C=O) groups excluding carboxylic acids is 7. The van der Waals surface area contributed by atoms with Crippen LogP contribution in [0.5, 0.6) is 0 Å². The van der Waals surface area contributed by atoms with Gasteiger partial charge in [0.05, 0.1) is 17.6 Å². The van der Waals surface area contributed by atoms with Crippen LogP contribution in [0, 0.1) is 5.92 Å². The summed E-state index contributed by atoms with van der Waals surface area (Å²) in [5.74, 6) is -4.06. The molecule has 9 N–H and O–H groups in total. The molecule has 3 unspecified atom stereocenters. The summed E-state index contributed by atoms with van der Waals surface area (Å²) in [5, 5.41) is 18.6. The molecule has 1 saturated heterocycles. The van der Waals surface area contributed by atoms with Gasteiger partial charge in [-0.15, -0.1) is 0 Å². The van der Waals surface area contributed by atoms with E-state index in [0.717, 1.165) is 4.90 Å². The Morgan fingerprint density at radius 2 is 1.35 bits per heavy atom. The fourth-order valence-electron chi connectivity index (χ4n) is 4.10. The van der Waals surface area contributed by atoms with Crippen molar-refractivity contribution in [2.45, 2.75) is 90.1 Å². The van der Waals surface area contributed by atoms with Crippen molar-refractivity contribution in [2.24, 2.45) is 11.7 Å². The number of nitrogens with zero attached hydrogens (tertiary/aromatic N) is 1. The first kappa shape index (κ1) is 37.4. The van der Waals surface area contributed by atoms with Crippen molar-refractivity contribution in [3.05, 3.63) is 0 Å². The van der Waals surface area contributed by atoms with Gasteiger partial charge in [-0.1, -0.05) is 6.92 Å². The quantitative estimate of drug-likeness (QED) is 0.0800. The van der Waals surface area contributed by atoms with Crippen LogP contribution in [0.4, 0.5) is 0 Å². The fraction of sp³-hybridized carbons (Fsp3) is 0.741. The monoisotopic (exact) mass is 611 g/mol. The molecule has 5 atom stereocenters. The fourth-order valence-corrected chi connectivity index (χ4v) is 4.10. The van der Waals surface area contributed by atoms with Gasteiger partial charge >= 0.3 is 0 Å². The molecule has 244 valence electrons. The van der Waals surface area contributed by atoms with E-state index in [1.807, 2.05) is 0 Å². The molecule has 1 rings (SSSR count). The number of carbonyl (C=O) groups is 7. The van der Waals surface area contributed by atoms with Crippen LogP contribution >= 0.6 is 0 Å². The number of hydrogen-bond donors (Lipinski definition) is 8. The molecule has 1 aliphatic heterocycles. The number of imide groups is 1.